The number of thiophene rings is 1. The van der Waals surface area contributed by atoms with E-state index >= 15 is 0 Å². The van der Waals surface area contributed by atoms with Crippen LogP contribution in [0.1, 0.15) is 20.7 Å². The summed E-state index contributed by atoms with van der Waals surface area (Å²) in [5, 5.41) is 4.06. The van der Waals surface area contributed by atoms with E-state index in [2.05, 4.69) is 10.3 Å². The molecule has 27 heavy (non-hydrogen) atoms. The van der Waals surface area contributed by atoms with Crippen LogP contribution in [0.5, 0.6) is 0 Å². The van der Waals surface area contributed by atoms with Crippen LogP contribution in [0, 0.1) is 0 Å². The number of carbonyl (C=O) groups is 2. The second-order valence-electron chi connectivity index (χ2n) is 5.92. The van der Waals surface area contributed by atoms with Crippen molar-refractivity contribution < 1.29 is 14.0 Å². The molecule has 2 amide bonds. The Kier molecular flexibility index (Phi) is 3.10. The molecule has 1 aromatic carbocycles. The fourth-order valence-corrected chi connectivity index (χ4v) is 3.76. The number of amides is 2. The van der Waals surface area contributed by atoms with Gasteiger partial charge in [-0.1, -0.05) is 6.07 Å². The highest BCUT2D eigenvalue weighted by Gasteiger charge is 2.31. The van der Waals surface area contributed by atoms with Crippen molar-refractivity contribution in [2.75, 3.05) is 5.73 Å². The molecule has 0 atom stereocenters. The van der Waals surface area contributed by atoms with Crippen molar-refractivity contribution in [3.05, 3.63) is 63.3 Å². The van der Waals surface area contributed by atoms with Crippen molar-refractivity contribution in [1.82, 2.24) is 14.9 Å². The van der Waals surface area contributed by atoms with Crippen LogP contribution in [0.25, 0.3) is 27.6 Å². The maximum absolute atomic E-state index is 12.5. The van der Waals surface area contributed by atoms with Crippen LogP contribution in [0.15, 0.2) is 51.0 Å². The normalized spacial score (nSPS) is 13.2. The van der Waals surface area contributed by atoms with Gasteiger partial charge in [0, 0.05) is 6.07 Å². The third kappa shape index (κ3) is 2.22. The number of carbonyl (C=O) groups excluding carboxylic acids is 2. The summed E-state index contributed by atoms with van der Waals surface area (Å²) in [6.07, 6.45) is 0. The van der Waals surface area contributed by atoms with Gasteiger partial charge in [-0.25, -0.2) is 4.98 Å². The number of benzene rings is 1. The number of hydrogen-bond donors (Lipinski definition) is 2. The van der Waals surface area contributed by atoms with E-state index < -0.39 is 17.4 Å². The summed E-state index contributed by atoms with van der Waals surface area (Å²) in [5.41, 5.74) is 7.05. The zero-order valence-electron chi connectivity index (χ0n) is 13.6. The molecule has 8 nitrogen and oxygen atoms in total. The van der Waals surface area contributed by atoms with Gasteiger partial charge in [-0.2, -0.15) is 0 Å². The number of hydrogen-bond acceptors (Lipinski definition) is 7. The smallest absolute Gasteiger partial charge is 0.262 e. The van der Waals surface area contributed by atoms with Crippen molar-refractivity contribution in [3.63, 3.8) is 0 Å². The van der Waals surface area contributed by atoms with E-state index in [1.54, 1.807) is 18.2 Å². The van der Waals surface area contributed by atoms with Crippen molar-refractivity contribution >= 4 is 40.1 Å². The molecule has 4 heterocycles. The minimum absolute atomic E-state index is 0.000811. The van der Waals surface area contributed by atoms with Crippen molar-refractivity contribution in [2.24, 2.45) is 0 Å². The zero-order valence-corrected chi connectivity index (χ0v) is 14.4. The maximum Gasteiger partial charge on any atom is 0.262 e. The Labute approximate surface area is 154 Å². The fraction of sp³-hybridized carbons (Fsp3) is 0. The van der Waals surface area contributed by atoms with E-state index in [-0.39, 0.29) is 16.9 Å². The Morgan fingerprint density at radius 2 is 1.96 bits per heavy atom. The molecule has 0 fully saturated rings. The highest BCUT2D eigenvalue weighted by Crippen LogP contribution is 2.29. The first-order valence-corrected chi connectivity index (χ1v) is 8.77. The van der Waals surface area contributed by atoms with E-state index in [0.717, 1.165) is 10.9 Å². The van der Waals surface area contributed by atoms with Crippen LogP contribution < -0.4 is 16.6 Å². The molecule has 0 radical (unpaired) electrons. The van der Waals surface area contributed by atoms with Crippen molar-refractivity contribution in [1.29, 1.82) is 0 Å². The van der Waals surface area contributed by atoms with Gasteiger partial charge in [0.05, 0.1) is 21.7 Å². The SMILES string of the molecule is Nc1c2c(cc(=O)n1-c1ccc3oc(-c4cccs4)nc3c1)C(=O)NC2=O. The Morgan fingerprint density at radius 1 is 1.11 bits per heavy atom. The average Bonchev–Trinajstić information content (AvgIpc) is 3.34. The minimum atomic E-state index is -0.626. The number of imide groups is 1. The van der Waals surface area contributed by atoms with Crippen LogP contribution in [0.3, 0.4) is 0 Å². The standard InChI is InChI=1S/C18H10N4O4S/c19-15-14-9(16(24)21-17(14)25)7-13(23)22(15)8-3-4-11-10(6-8)20-18(26-11)12-2-1-5-27-12/h1-7H,19H2,(H,21,24,25). The lowest BCUT2D eigenvalue weighted by Gasteiger charge is -2.11. The first kappa shape index (κ1) is 15.5. The van der Waals surface area contributed by atoms with Crippen LogP contribution >= 0.6 is 11.3 Å². The van der Waals surface area contributed by atoms with Crippen LogP contribution in [-0.2, 0) is 0 Å². The van der Waals surface area contributed by atoms with Gasteiger partial charge in [0.1, 0.15) is 11.3 Å². The molecule has 1 aliphatic rings. The number of aromatic nitrogens is 2. The second-order valence-corrected chi connectivity index (χ2v) is 6.87. The van der Waals surface area contributed by atoms with Gasteiger partial charge in [0.2, 0.25) is 5.89 Å². The highest BCUT2D eigenvalue weighted by molar-refractivity contribution is 7.13. The molecule has 0 unspecified atom stereocenters. The van der Waals surface area contributed by atoms with E-state index in [1.807, 2.05) is 17.5 Å². The predicted octanol–water partition coefficient (Wildman–Crippen LogP) is 2.17. The first-order valence-electron chi connectivity index (χ1n) is 7.89. The van der Waals surface area contributed by atoms with Crippen molar-refractivity contribution in [2.45, 2.75) is 0 Å². The molecule has 5 rings (SSSR count). The molecule has 0 aliphatic carbocycles. The molecule has 0 spiro atoms. The van der Waals surface area contributed by atoms with Gasteiger partial charge in [0.15, 0.2) is 5.58 Å². The number of rotatable bonds is 2. The number of oxazole rings is 1. The Balaban J connectivity index is 1.70. The monoisotopic (exact) mass is 378 g/mol. The predicted molar refractivity (Wildman–Crippen MR) is 99.1 cm³/mol. The summed E-state index contributed by atoms with van der Waals surface area (Å²) in [6.45, 7) is 0. The van der Waals surface area contributed by atoms with Crippen LogP contribution in [0.4, 0.5) is 5.82 Å². The molecular weight excluding hydrogens is 368 g/mol. The number of fused-ring (bicyclic) bond motifs is 2. The molecule has 0 bridgehead atoms. The summed E-state index contributed by atoms with van der Waals surface area (Å²) in [5.74, 6) is -0.860. The maximum atomic E-state index is 12.5. The largest absolute Gasteiger partial charge is 0.435 e. The molecule has 132 valence electrons. The Morgan fingerprint density at radius 3 is 2.74 bits per heavy atom. The summed E-state index contributed by atoms with van der Waals surface area (Å²) in [6, 6.07) is 9.88. The lowest BCUT2D eigenvalue weighted by Crippen LogP contribution is -2.24. The number of nitrogen functional groups attached to an aromatic ring is 1. The van der Waals surface area contributed by atoms with E-state index in [1.165, 1.54) is 15.9 Å². The molecular formula is C18H10N4O4S. The Bertz CT molecular complexity index is 1320. The third-order valence-electron chi connectivity index (χ3n) is 4.31. The van der Waals surface area contributed by atoms with E-state index in [9.17, 15) is 14.4 Å². The van der Waals surface area contributed by atoms with Crippen molar-refractivity contribution in [3.8, 4) is 16.5 Å². The molecule has 9 heteroatoms. The number of anilines is 1. The van der Waals surface area contributed by atoms with Crippen LogP contribution in [0.2, 0.25) is 0 Å². The number of nitrogens with one attached hydrogen (secondary N) is 1. The quantitative estimate of drug-likeness (QED) is 0.516. The molecule has 1 aliphatic heterocycles. The molecule has 4 aromatic rings. The Hall–Kier alpha value is -3.72. The lowest BCUT2D eigenvalue weighted by molar-refractivity contribution is 0.0880. The molecule has 0 saturated carbocycles. The van der Waals surface area contributed by atoms with Gasteiger partial charge in [-0.3, -0.25) is 24.3 Å². The topological polar surface area (TPSA) is 120 Å². The number of nitrogens with zero attached hydrogens (tertiary/aromatic N) is 2. The minimum Gasteiger partial charge on any atom is -0.435 e. The molecule has 0 saturated heterocycles. The molecule has 3 aromatic heterocycles. The number of pyridine rings is 1. The number of nitrogens with two attached hydrogens (primary N) is 1. The highest BCUT2D eigenvalue weighted by atomic mass is 32.1. The van der Waals surface area contributed by atoms with Gasteiger partial charge in [-0.15, -0.1) is 11.3 Å². The van der Waals surface area contributed by atoms with E-state index in [0.29, 0.717) is 22.7 Å². The summed E-state index contributed by atoms with van der Waals surface area (Å²) >= 11 is 1.50. The summed E-state index contributed by atoms with van der Waals surface area (Å²) in [7, 11) is 0. The molecule has 3 N–H and O–H groups in total. The van der Waals surface area contributed by atoms with Gasteiger partial charge in [-0.05, 0) is 29.6 Å². The zero-order chi connectivity index (χ0) is 18.7. The lowest BCUT2D eigenvalue weighted by atomic mass is 10.1. The summed E-state index contributed by atoms with van der Waals surface area (Å²) in [4.78, 5) is 41.6. The van der Waals surface area contributed by atoms with Gasteiger partial charge in [0.25, 0.3) is 17.4 Å². The van der Waals surface area contributed by atoms with Gasteiger partial charge < -0.3 is 10.2 Å². The van der Waals surface area contributed by atoms with E-state index in [4.69, 9.17) is 10.2 Å². The summed E-state index contributed by atoms with van der Waals surface area (Å²) < 4.78 is 6.92. The third-order valence-corrected chi connectivity index (χ3v) is 5.17. The fourth-order valence-electron chi connectivity index (χ4n) is 3.11. The average molecular weight is 378 g/mol. The first-order chi connectivity index (χ1) is 13.0. The van der Waals surface area contributed by atoms with Gasteiger partial charge >= 0.3 is 0 Å². The second kappa shape index (κ2) is 5.39. The van der Waals surface area contributed by atoms with Crippen LogP contribution in [-0.4, -0.2) is 21.4 Å².